The Hall–Kier alpha value is -1.22. The van der Waals surface area contributed by atoms with Crippen LogP contribution in [0.4, 0.5) is 5.69 Å². The van der Waals surface area contributed by atoms with Crippen molar-refractivity contribution in [2.75, 3.05) is 5.73 Å². The van der Waals surface area contributed by atoms with Crippen LogP contribution in [-0.2, 0) is 16.0 Å². The number of nitrogens with two attached hydrogens (primary N) is 1. The van der Waals surface area contributed by atoms with Gasteiger partial charge in [0.1, 0.15) is 5.60 Å². The number of rotatable bonds is 3. The van der Waals surface area contributed by atoms with Crippen molar-refractivity contribution in [2.24, 2.45) is 0 Å². The maximum Gasteiger partial charge on any atom is 0.306 e. The van der Waals surface area contributed by atoms with Crippen molar-refractivity contribution in [2.45, 2.75) is 39.2 Å². The average molecular weight is 256 g/mol. The molecule has 3 nitrogen and oxygen atoms in total. The molecule has 0 atom stereocenters. The summed E-state index contributed by atoms with van der Waals surface area (Å²) in [5.74, 6) is -0.226. The molecule has 0 aliphatic carbocycles. The molecule has 0 saturated heterocycles. The Bertz CT molecular complexity index is 410. The van der Waals surface area contributed by atoms with Crippen molar-refractivity contribution >= 4 is 23.3 Å². The molecule has 4 heteroatoms. The van der Waals surface area contributed by atoms with E-state index in [1.54, 1.807) is 6.07 Å². The topological polar surface area (TPSA) is 52.3 Å². The molecule has 1 aromatic rings. The first-order chi connectivity index (χ1) is 7.79. The molecule has 0 fully saturated rings. The minimum absolute atomic E-state index is 0.226. The summed E-state index contributed by atoms with van der Waals surface area (Å²) in [7, 11) is 0. The van der Waals surface area contributed by atoms with E-state index in [4.69, 9.17) is 22.1 Å². The Balaban J connectivity index is 2.56. The zero-order valence-electron chi connectivity index (χ0n) is 10.4. The van der Waals surface area contributed by atoms with Gasteiger partial charge in [0.25, 0.3) is 0 Å². The maximum atomic E-state index is 11.5. The van der Waals surface area contributed by atoms with Crippen LogP contribution in [0.15, 0.2) is 18.2 Å². The first-order valence-corrected chi connectivity index (χ1v) is 5.92. The van der Waals surface area contributed by atoms with Gasteiger partial charge in [-0.3, -0.25) is 4.79 Å². The quantitative estimate of drug-likeness (QED) is 0.667. The van der Waals surface area contributed by atoms with Gasteiger partial charge in [0.2, 0.25) is 0 Å². The molecule has 0 bridgehead atoms. The van der Waals surface area contributed by atoms with Gasteiger partial charge in [-0.15, -0.1) is 0 Å². The zero-order chi connectivity index (χ0) is 13.1. The minimum Gasteiger partial charge on any atom is -0.460 e. The number of carbonyl (C=O) groups is 1. The van der Waals surface area contributed by atoms with Gasteiger partial charge in [0, 0.05) is 6.42 Å². The first-order valence-electron chi connectivity index (χ1n) is 5.54. The molecule has 0 unspecified atom stereocenters. The van der Waals surface area contributed by atoms with Crippen LogP contribution in [0, 0.1) is 0 Å². The summed E-state index contributed by atoms with van der Waals surface area (Å²) in [5.41, 5.74) is 6.64. The van der Waals surface area contributed by atoms with E-state index >= 15 is 0 Å². The van der Waals surface area contributed by atoms with E-state index in [1.807, 2.05) is 32.9 Å². The number of esters is 1. The van der Waals surface area contributed by atoms with Crippen molar-refractivity contribution in [1.82, 2.24) is 0 Å². The van der Waals surface area contributed by atoms with Gasteiger partial charge in [-0.1, -0.05) is 23.7 Å². The highest BCUT2D eigenvalue weighted by atomic mass is 35.5. The summed E-state index contributed by atoms with van der Waals surface area (Å²) >= 11 is 6.03. The summed E-state index contributed by atoms with van der Waals surface area (Å²) in [6, 6.07) is 5.42. The molecule has 0 heterocycles. The van der Waals surface area contributed by atoms with Crippen LogP contribution >= 0.6 is 11.6 Å². The Morgan fingerprint density at radius 2 is 2.06 bits per heavy atom. The molecule has 2 N–H and O–H groups in total. The molecule has 0 aromatic heterocycles. The Morgan fingerprint density at radius 1 is 1.41 bits per heavy atom. The van der Waals surface area contributed by atoms with Gasteiger partial charge in [-0.25, -0.2) is 0 Å². The summed E-state index contributed by atoms with van der Waals surface area (Å²) in [4.78, 5) is 11.5. The number of aryl methyl sites for hydroxylation is 1. The molecule has 94 valence electrons. The number of halogens is 1. The number of carbonyl (C=O) groups excluding carboxylic acids is 1. The molecule has 1 rings (SSSR count). The van der Waals surface area contributed by atoms with Gasteiger partial charge in [-0.05, 0) is 38.8 Å². The van der Waals surface area contributed by atoms with E-state index in [-0.39, 0.29) is 5.97 Å². The number of hydrogen-bond donors (Lipinski definition) is 1. The van der Waals surface area contributed by atoms with Gasteiger partial charge in [0.15, 0.2) is 0 Å². The fourth-order valence-electron chi connectivity index (χ4n) is 1.42. The van der Waals surface area contributed by atoms with E-state index in [0.717, 1.165) is 5.56 Å². The van der Waals surface area contributed by atoms with Gasteiger partial charge in [-0.2, -0.15) is 0 Å². The minimum atomic E-state index is -0.448. The van der Waals surface area contributed by atoms with Crippen molar-refractivity contribution in [3.05, 3.63) is 28.8 Å². The zero-order valence-corrected chi connectivity index (χ0v) is 11.2. The largest absolute Gasteiger partial charge is 0.460 e. The third-order valence-electron chi connectivity index (χ3n) is 2.13. The SMILES string of the molecule is CC(C)(C)OC(=O)CCc1cccc(N)c1Cl. The number of hydrogen-bond acceptors (Lipinski definition) is 3. The summed E-state index contributed by atoms with van der Waals surface area (Å²) in [6.45, 7) is 5.54. The standard InChI is InChI=1S/C13H18ClNO2/c1-13(2,3)17-11(16)8-7-9-5-4-6-10(15)12(9)14/h4-6H,7-8,15H2,1-3H3. The molecule has 17 heavy (non-hydrogen) atoms. The first kappa shape index (κ1) is 13.8. The maximum absolute atomic E-state index is 11.5. The molecular weight excluding hydrogens is 238 g/mol. The predicted octanol–water partition coefficient (Wildman–Crippen LogP) is 3.20. The predicted molar refractivity (Wildman–Crippen MR) is 70.0 cm³/mol. The highest BCUT2D eigenvalue weighted by Gasteiger charge is 2.16. The van der Waals surface area contributed by atoms with Crippen LogP contribution in [0.3, 0.4) is 0 Å². The van der Waals surface area contributed by atoms with Crippen LogP contribution in [0.25, 0.3) is 0 Å². The van der Waals surface area contributed by atoms with Crippen molar-refractivity contribution in [3.63, 3.8) is 0 Å². The smallest absolute Gasteiger partial charge is 0.306 e. The fourth-order valence-corrected chi connectivity index (χ4v) is 1.64. The molecule has 0 amide bonds. The Morgan fingerprint density at radius 3 is 2.65 bits per heavy atom. The van der Waals surface area contributed by atoms with E-state index < -0.39 is 5.60 Å². The fraction of sp³-hybridized carbons (Fsp3) is 0.462. The lowest BCUT2D eigenvalue weighted by Crippen LogP contribution is -2.24. The van der Waals surface area contributed by atoms with Gasteiger partial charge >= 0.3 is 5.97 Å². The van der Waals surface area contributed by atoms with E-state index in [1.165, 1.54) is 0 Å². The Labute approximate surface area is 107 Å². The molecule has 0 aliphatic rings. The third-order valence-corrected chi connectivity index (χ3v) is 2.59. The second kappa shape index (κ2) is 5.41. The van der Waals surface area contributed by atoms with Crippen LogP contribution < -0.4 is 5.73 Å². The lowest BCUT2D eigenvalue weighted by molar-refractivity contribution is -0.154. The van der Waals surface area contributed by atoms with Crippen LogP contribution in [0.1, 0.15) is 32.8 Å². The molecule has 0 radical (unpaired) electrons. The number of benzene rings is 1. The Kier molecular flexibility index (Phi) is 4.40. The third kappa shape index (κ3) is 4.65. The lowest BCUT2D eigenvalue weighted by atomic mass is 10.1. The molecule has 0 saturated carbocycles. The van der Waals surface area contributed by atoms with Crippen LogP contribution in [0.5, 0.6) is 0 Å². The normalized spacial score (nSPS) is 11.3. The van der Waals surface area contributed by atoms with E-state index in [9.17, 15) is 4.79 Å². The van der Waals surface area contributed by atoms with E-state index in [2.05, 4.69) is 0 Å². The molecular formula is C13H18ClNO2. The van der Waals surface area contributed by atoms with Crippen LogP contribution in [0.2, 0.25) is 5.02 Å². The average Bonchev–Trinajstić information content (AvgIpc) is 2.18. The summed E-state index contributed by atoms with van der Waals surface area (Å²) < 4.78 is 5.22. The lowest BCUT2D eigenvalue weighted by Gasteiger charge is -2.19. The molecule has 0 spiro atoms. The van der Waals surface area contributed by atoms with Gasteiger partial charge in [0.05, 0.1) is 10.7 Å². The highest BCUT2D eigenvalue weighted by molar-refractivity contribution is 6.33. The van der Waals surface area contributed by atoms with E-state index in [0.29, 0.717) is 23.6 Å². The summed E-state index contributed by atoms with van der Waals surface area (Å²) in [6.07, 6.45) is 0.846. The van der Waals surface area contributed by atoms with Crippen molar-refractivity contribution in [3.8, 4) is 0 Å². The molecule has 0 aliphatic heterocycles. The second-order valence-electron chi connectivity index (χ2n) is 4.91. The summed E-state index contributed by atoms with van der Waals surface area (Å²) in [5, 5.41) is 0.524. The number of ether oxygens (including phenoxy) is 1. The van der Waals surface area contributed by atoms with Gasteiger partial charge < -0.3 is 10.5 Å². The van der Waals surface area contributed by atoms with Crippen molar-refractivity contribution in [1.29, 1.82) is 0 Å². The number of anilines is 1. The van der Waals surface area contributed by atoms with Crippen LogP contribution in [-0.4, -0.2) is 11.6 Å². The monoisotopic (exact) mass is 255 g/mol. The highest BCUT2D eigenvalue weighted by Crippen LogP contribution is 2.24. The molecule has 1 aromatic carbocycles. The number of nitrogen functional groups attached to an aromatic ring is 1. The van der Waals surface area contributed by atoms with Crippen molar-refractivity contribution < 1.29 is 9.53 Å². The second-order valence-corrected chi connectivity index (χ2v) is 5.28.